The Hall–Kier alpha value is -5.10. The summed E-state index contributed by atoms with van der Waals surface area (Å²) < 4.78 is 17.3. The molecule has 1 saturated heterocycles. The molecule has 0 aliphatic carbocycles. The number of carbonyl (C=O) groups is 1. The average Bonchev–Trinajstić information content (AvgIpc) is 2.94. The molecule has 1 aliphatic heterocycles. The zero-order chi connectivity index (χ0) is 26.6. The summed E-state index contributed by atoms with van der Waals surface area (Å²) in [5, 5.41) is 13.2. The van der Waals surface area contributed by atoms with E-state index in [0.717, 1.165) is 16.5 Å². The molecule has 4 aromatic rings. The molecule has 0 unspecified atom stereocenters. The van der Waals surface area contributed by atoms with Gasteiger partial charge in [-0.05, 0) is 47.5 Å². The molecule has 1 amide bonds. The van der Waals surface area contributed by atoms with Crippen molar-refractivity contribution in [1.29, 1.82) is 5.26 Å². The molecule has 9 nitrogen and oxygen atoms in total. The summed E-state index contributed by atoms with van der Waals surface area (Å²) in [6, 6.07) is 19.0. The van der Waals surface area contributed by atoms with E-state index in [0.29, 0.717) is 52.9 Å². The number of nitrogens with one attached hydrogen (secondary N) is 1. The Morgan fingerprint density at radius 3 is 2.45 bits per heavy atom. The lowest BCUT2D eigenvalue weighted by Crippen LogP contribution is -2.55. The highest BCUT2D eigenvalue weighted by atomic mass is 16.5. The summed E-state index contributed by atoms with van der Waals surface area (Å²) in [5.74, 6) is 2.16. The van der Waals surface area contributed by atoms with Gasteiger partial charge in [0, 0.05) is 11.5 Å². The molecule has 1 N–H and O–H groups in total. The predicted molar refractivity (Wildman–Crippen MR) is 144 cm³/mol. The maximum Gasteiger partial charge on any atom is 0.246 e. The van der Waals surface area contributed by atoms with E-state index in [1.807, 2.05) is 36.4 Å². The first-order chi connectivity index (χ1) is 18.5. The number of aromatic nitrogens is 2. The summed E-state index contributed by atoms with van der Waals surface area (Å²) in [4.78, 5) is 22.3. The van der Waals surface area contributed by atoms with Crippen molar-refractivity contribution >= 4 is 28.3 Å². The van der Waals surface area contributed by atoms with Crippen LogP contribution in [0.1, 0.15) is 5.56 Å². The number of hydrogen-bond acceptors (Lipinski definition) is 8. The summed E-state index contributed by atoms with van der Waals surface area (Å²) >= 11 is 0. The van der Waals surface area contributed by atoms with E-state index in [4.69, 9.17) is 19.5 Å². The van der Waals surface area contributed by atoms with Crippen LogP contribution in [0.25, 0.3) is 22.0 Å². The Morgan fingerprint density at radius 2 is 1.76 bits per heavy atom. The number of benzene rings is 3. The van der Waals surface area contributed by atoms with Crippen LogP contribution in [0.15, 0.2) is 73.6 Å². The molecule has 190 valence electrons. The van der Waals surface area contributed by atoms with Gasteiger partial charge in [0.25, 0.3) is 0 Å². The number of fused-ring (bicyclic) bond motifs is 1. The SMILES string of the molecule is C=CC(=O)N1CC(Oc2cc3c(Nc4cc(-c5ccc(C#N)cc5)ccc4OC)ncnc3cc2OC)C1. The number of nitriles is 1. The fourth-order valence-electron chi connectivity index (χ4n) is 4.27. The van der Waals surface area contributed by atoms with Crippen LogP contribution < -0.4 is 19.5 Å². The van der Waals surface area contributed by atoms with E-state index in [9.17, 15) is 4.79 Å². The highest BCUT2D eigenvalue weighted by molar-refractivity contribution is 5.94. The van der Waals surface area contributed by atoms with E-state index in [1.165, 1.54) is 12.4 Å². The van der Waals surface area contributed by atoms with Crippen LogP contribution in [0.5, 0.6) is 17.2 Å². The zero-order valence-electron chi connectivity index (χ0n) is 21.0. The molecule has 0 bridgehead atoms. The van der Waals surface area contributed by atoms with Gasteiger partial charge in [-0.3, -0.25) is 4.79 Å². The van der Waals surface area contributed by atoms with Crippen molar-refractivity contribution in [2.45, 2.75) is 6.10 Å². The maximum atomic E-state index is 11.8. The molecule has 38 heavy (non-hydrogen) atoms. The van der Waals surface area contributed by atoms with Gasteiger partial charge >= 0.3 is 0 Å². The van der Waals surface area contributed by atoms with Crippen molar-refractivity contribution in [2.24, 2.45) is 0 Å². The lowest BCUT2D eigenvalue weighted by molar-refractivity contribution is -0.134. The van der Waals surface area contributed by atoms with Crippen molar-refractivity contribution in [3.8, 4) is 34.4 Å². The molecule has 9 heteroatoms. The number of likely N-dealkylation sites (tertiary alicyclic amines) is 1. The van der Waals surface area contributed by atoms with Crippen molar-refractivity contribution in [3.05, 3.63) is 79.1 Å². The van der Waals surface area contributed by atoms with Gasteiger partial charge in [-0.1, -0.05) is 24.8 Å². The highest BCUT2D eigenvalue weighted by Gasteiger charge is 2.31. The Kier molecular flexibility index (Phi) is 6.78. The van der Waals surface area contributed by atoms with Gasteiger partial charge in [0.2, 0.25) is 5.91 Å². The third-order valence-corrected chi connectivity index (χ3v) is 6.35. The first-order valence-electron chi connectivity index (χ1n) is 11.9. The lowest BCUT2D eigenvalue weighted by Gasteiger charge is -2.38. The molecule has 1 aromatic heterocycles. The van der Waals surface area contributed by atoms with Crippen LogP contribution >= 0.6 is 0 Å². The molecular weight excluding hydrogens is 482 g/mol. The Bertz CT molecular complexity index is 1560. The topological polar surface area (TPSA) is 110 Å². The Balaban J connectivity index is 1.47. The number of rotatable bonds is 8. The minimum absolute atomic E-state index is 0.118. The van der Waals surface area contributed by atoms with Crippen molar-refractivity contribution in [2.75, 3.05) is 32.6 Å². The summed E-state index contributed by atoms with van der Waals surface area (Å²) in [6.07, 6.45) is 2.62. The molecule has 3 aromatic carbocycles. The van der Waals surface area contributed by atoms with Crippen LogP contribution in [0.3, 0.4) is 0 Å². The predicted octanol–water partition coefficient (Wildman–Crippen LogP) is 4.70. The fourth-order valence-corrected chi connectivity index (χ4v) is 4.27. The third-order valence-electron chi connectivity index (χ3n) is 6.35. The zero-order valence-corrected chi connectivity index (χ0v) is 21.0. The van der Waals surface area contributed by atoms with Gasteiger partial charge in [0.15, 0.2) is 11.5 Å². The normalized spacial score (nSPS) is 12.8. The minimum Gasteiger partial charge on any atom is -0.495 e. The molecule has 5 rings (SSSR count). The molecule has 2 heterocycles. The molecule has 1 aliphatic rings. The second-order valence-electron chi connectivity index (χ2n) is 8.66. The molecular formula is C29H25N5O4. The van der Waals surface area contributed by atoms with Crippen molar-refractivity contribution < 1.29 is 19.0 Å². The van der Waals surface area contributed by atoms with Crippen LogP contribution in [-0.2, 0) is 4.79 Å². The van der Waals surface area contributed by atoms with E-state index >= 15 is 0 Å². The first-order valence-corrected chi connectivity index (χ1v) is 11.9. The molecule has 0 spiro atoms. The number of ether oxygens (including phenoxy) is 3. The number of anilines is 2. The molecule has 0 radical (unpaired) electrons. The smallest absolute Gasteiger partial charge is 0.246 e. The van der Waals surface area contributed by atoms with Crippen molar-refractivity contribution in [1.82, 2.24) is 14.9 Å². The van der Waals surface area contributed by atoms with E-state index in [1.54, 1.807) is 37.3 Å². The molecule has 1 fully saturated rings. The van der Waals surface area contributed by atoms with Gasteiger partial charge in [0.05, 0.1) is 50.1 Å². The van der Waals surface area contributed by atoms with Gasteiger partial charge in [-0.2, -0.15) is 5.26 Å². The molecule has 0 atom stereocenters. The third kappa shape index (κ3) is 4.80. The van der Waals surface area contributed by atoms with Gasteiger partial charge < -0.3 is 24.4 Å². The number of amides is 1. The standard InChI is InChI=1S/C29H25N5O4/c1-4-28(35)34-15-21(16-34)38-27-12-22-23(13-26(27)37-3)31-17-32-29(22)33-24-11-20(9-10-25(24)36-2)19-7-5-18(14-30)6-8-19/h4-13,17,21H,1,15-16H2,2-3H3,(H,31,32,33). The number of nitrogens with zero attached hydrogens (tertiary/aromatic N) is 4. The number of carbonyl (C=O) groups excluding carboxylic acids is 1. The largest absolute Gasteiger partial charge is 0.495 e. The Labute approximate surface area is 219 Å². The average molecular weight is 508 g/mol. The highest BCUT2D eigenvalue weighted by Crippen LogP contribution is 2.38. The number of hydrogen-bond donors (Lipinski definition) is 1. The van der Waals surface area contributed by atoms with Gasteiger partial charge in [0.1, 0.15) is 24.0 Å². The van der Waals surface area contributed by atoms with Gasteiger partial charge in [-0.15, -0.1) is 0 Å². The van der Waals surface area contributed by atoms with E-state index in [2.05, 4.69) is 27.9 Å². The second-order valence-corrected chi connectivity index (χ2v) is 8.66. The fraction of sp³-hybridized carbons (Fsp3) is 0.172. The quantitative estimate of drug-likeness (QED) is 0.342. The summed E-state index contributed by atoms with van der Waals surface area (Å²) in [5.41, 5.74) is 3.90. The monoisotopic (exact) mass is 507 g/mol. The first kappa shape index (κ1) is 24.6. The van der Waals surface area contributed by atoms with Gasteiger partial charge in [-0.25, -0.2) is 9.97 Å². The van der Waals surface area contributed by atoms with E-state index in [-0.39, 0.29) is 12.0 Å². The minimum atomic E-state index is -0.157. The van der Waals surface area contributed by atoms with Crippen LogP contribution in [0.4, 0.5) is 11.5 Å². The van der Waals surface area contributed by atoms with Crippen LogP contribution in [0, 0.1) is 11.3 Å². The maximum absolute atomic E-state index is 11.8. The van der Waals surface area contributed by atoms with E-state index < -0.39 is 0 Å². The number of methoxy groups -OCH3 is 2. The lowest BCUT2D eigenvalue weighted by atomic mass is 10.0. The summed E-state index contributed by atoms with van der Waals surface area (Å²) in [7, 11) is 3.18. The van der Waals surface area contributed by atoms with Crippen molar-refractivity contribution in [3.63, 3.8) is 0 Å². The summed E-state index contributed by atoms with van der Waals surface area (Å²) in [6.45, 7) is 4.47. The van der Waals surface area contributed by atoms with Crippen LogP contribution in [-0.4, -0.2) is 54.2 Å². The van der Waals surface area contributed by atoms with Crippen LogP contribution in [0.2, 0.25) is 0 Å². The Morgan fingerprint density at radius 1 is 1.03 bits per heavy atom. The second kappa shape index (κ2) is 10.5. The molecule has 0 saturated carbocycles.